The number of amides is 1. The van der Waals surface area contributed by atoms with Gasteiger partial charge in [0.2, 0.25) is 5.91 Å². The molecule has 0 radical (unpaired) electrons. The number of fused-ring (bicyclic) bond motifs is 4. The Balaban J connectivity index is 1.48. The predicted molar refractivity (Wildman–Crippen MR) is 137 cm³/mol. The molecule has 0 bridgehead atoms. The number of aliphatic hydroxyl groups is 1. The van der Waals surface area contributed by atoms with Gasteiger partial charge in [0.05, 0.1) is 35.5 Å². The number of benzene rings is 1. The van der Waals surface area contributed by atoms with Gasteiger partial charge in [-0.1, -0.05) is 0 Å². The lowest BCUT2D eigenvalue weighted by Crippen LogP contribution is -2.39. The first-order valence-electron chi connectivity index (χ1n) is 12.0. The Kier molecular flexibility index (Phi) is 6.57. The summed E-state index contributed by atoms with van der Waals surface area (Å²) in [7, 11) is 0. The molecule has 9 nitrogen and oxygen atoms in total. The van der Waals surface area contributed by atoms with Gasteiger partial charge < -0.3 is 20.1 Å². The minimum absolute atomic E-state index is 0.0123. The van der Waals surface area contributed by atoms with Gasteiger partial charge in [0.1, 0.15) is 22.7 Å². The van der Waals surface area contributed by atoms with Crippen LogP contribution in [0.4, 0.5) is 11.5 Å². The van der Waals surface area contributed by atoms with E-state index in [0.29, 0.717) is 19.5 Å². The zero-order chi connectivity index (χ0) is 24.5. The average Bonchev–Trinajstić information content (AvgIpc) is 3.45. The Bertz CT molecular complexity index is 1360. The molecular formula is C25H30N6O3S. The van der Waals surface area contributed by atoms with Crippen molar-refractivity contribution in [3.63, 3.8) is 0 Å². The lowest BCUT2D eigenvalue weighted by molar-refractivity contribution is -0.136. The summed E-state index contributed by atoms with van der Waals surface area (Å²) >= 11 is 1.64. The van der Waals surface area contributed by atoms with Crippen molar-refractivity contribution in [3.05, 3.63) is 35.1 Å². The number of aromatic nitrogens is 4. The van der Waals surface area contributed by atoms with Crippen molar-refractivity contribution in [2.24, 2.45) is 5.92 Å². The van der Waals surface area contributed by atoms with Crippen molar-refractivity contribution >= 4 is 49.9 Å². The van der Waals surface area contributed by atoms with Gasteiger partial charge >= 0.3 is 0 Å². The van der Waals surface area contributed by atoms with Gasteiger partial charge in [0, 0.05) is 35.3 Å². The van der Waals surface area contributed by atoms with Crippen LogP contribution in [0.3, 0.4) is 0 Å². The van der Waals surface area contributed by atoms with Gasteiger partial charge in [-0.15, -0.1) is 11.3 Å². The number of ether oxygens (including phenoxy) is 1. The Labute approximate surface area is 207 Å². The minimum Gasteiger partial charge on any atom is -0.489 e. The number of thiophene rings is 1. The number of hydrogen-bond donors (Lipinski definition) is 3. The fourth-order valence-electron chi connectivity index (χ4n) is 4.77. The highest BCUT2D eigenvalue weighted by Gasteiger charge is 2.31. The van der Waals surface area contributed by atoms with E-state index in [0.717, 1.165) is 51.2 Å². The van der Waals surface area contributed by atoms with Crippen molar-refractivity contribution in [2.75, 3.05) is 25.0 Å². The maximum Gasteiger partial charge on any atom is 0.226 e. The van der Waals surface area contributed by atoms with Crippen molar-refractivity contribution in [1.29, 1.82) is 0 Å². The molecule has 0 saturated heterocycles. The van der Waals surface area contributed by atoms with Crippen LogP contribution < -0.4 is 10.1 Å². The SMILES string of the molecule is CCN(CCO)C(=O)C1CCc2c(sc3ncnc(Nc4cc5cn[nH]c5cc4OC(C)C)c23)C1. The van der Waals surface area contributed by atoms with Crippen LogP contribution in [0.5, 0.6) is 5.75 Å². The molecule has 184 valence electrons. The molecule has 5 rings (SSSR count). The van der Waals surface area contributed by atoms with Crippen LogP contribution >= 0.6 is 11.3 Å². The van der Waals surface area contributed by atoms with Crippen molar-refractivity contribution in [3.8, 4) is 5.75 Å². The number of carbonyl (C=O) groups is 1. The van der Waals surface area contributed by atoms with Gasteiger partial charge in [0.25, 0.3) is 0 Å². The van der Waals surface area contributed by atoms with E-state index in [1.807, 2.05) is 32.9 Å². The monoisotopic (exact) mass is 494 g/mol. The topological polar surface area (TPSA) is 116 Å². The summed E-state index contributed by atoms with van der Waals surface area (Å²) in [6.07, 6.45) is 5.64. The van der Waals surface area contributed by atoms with Crippen LogP contribution in [0, 0.1) is 5.92 Å². The summed E-state index contributed by atoms with van der Waals surface area (Å²) in [5.74, 6) is 1.52. The Morgan fingerprint density at radius 1 is 1.37 bits per heavy atom. The average molecular weight is 495 g/mol. The first kappa shape index (κ1) is 23.5. The van der Waals surface area contributed by atoms with Crippen LogP contribution in [-0.2, 0) is 17.6 Å². The summed E-state index contributed by atoms with van der Waals surface area (Å²) in [5.41, 5.74) is 2.95. The van der Waals surface area contributed by atoms with E-state index in [4.69, 9.17) is 4.74 Å². The number of hydrogen-bond acceptors (Lipinski definition) is 8. The second-order valence-electron chi connectivity index (χ2n) is 9.08. The number of nitrogens with one attached hydrogen (secondary N) is 2. The fraction of sp³-hybridized carbons (Fsp3) is 0.440. The quantitative estimate of drug-likeness (QED) is 0.338. The first-order valence-corrected chi connectivity index (χ1v) is 12.9. The molecule has 0 aliphatic heterocycles. The summed E-state index contributed by atoms with van der Waals surface area (Å²) in [6.45, 7) is 6.92. The molecule has 1 aliphatic carbocycles. The third kappa shape index (κ3) is 4.55. The molecule has 0 saturated carbocycles. The summed E-state index contributed by atoms with van der Waals surface area (Å²) in [4.78, 5) is 26.0. The maximum absolute atomic E-state index is 13.0. The number of aromatic amines is 1. The van der Waals surface area contributed by atoms with E-state index < -0.39 is 0 Å². The molecule has 10 heteroatoms. The lowest BCUT2D eigenvalue weighted by Gasteiger charge is -2.28. The molecule has 3 heterocycles. The van der Waals surface area contributed by atoms with Crippen molar-refractivity contribution in [2.45, 2.75) is 46.1 Å². The number of nitrogens with zero attached hydrogens (tertiary/aromatic N) is 4. The summed E-state index contributed by atoms with van der Waals surface area (Å²) < 4.78 is 6.08. The zero-order valence-corrected chi connectivity index (χ0v) is 21.0. The van der Waals surface area contributed by atoms with Crippen LogP contribution in [0.2, 0.25) is 0 Å². The molecule has 0 fully saturated rings. The standard InChI is InChI=1S/C25H30N6O3S/c1-4-31(7-8-32)25(33)15-5-6-17-21(10-15)35-24-22(17)23(26-13-27-24)29-19-9-16-12-28-30-18(16)11-20(19)34-14(2)3/h9,11-15,32H,4-8,10H2,1-3H3,(H,28,30)(H,26,27,29). The van der Waals surface area contributed by atoms with E-state index in [1.54, 1.807) is 28.8 Å². The third-order valence-corrected chi connectivity index (χ3v) is 7.58. The zero-order valence-electron chi connectivity index (χ0n) is 20.2. The normalized spacial score (nSPS) is 15.5. The molecule has 1 aliphatic rings. The number of carbonyl (C=O) groups excluding carboxylic acids is 1. The maximum atomic E-state index is 13.0. The first-order chi connectivity index (χ1) is 17.0. The molecule has 1 amide bonds. The van der Waals surface area contributed by atoms with Crippen LogP contribution in [-0.4, -0.2) is 61.9 Å². The molecule has 3 aromatic heterocycles. The number of aryl methyl sites for hydroxylation is 1. The summed E-state index contributed by atoms with van der Waals surface area (Å²) in [6, 6.07) is 3.96. The molecule has 1 atom stereocenters. The highest BCUT2D eigenvalue weighted by Crippen LogP contribution is 2.42. The fourth-order valence-corrected chi connectivity index (χ4v) is 6.03. The van der Waals surface area contributed by atoms with Gasteiger partial charge in [-0.3, -0.25) is 9.89 Å². The van der Waals surface area contributed by atoms with E-state index in [-0.39, 0.29) is 24.5 Å². The Morgan fingerprint density at radius 3 is 3.00 bits per heavy atom. The Morgan fingerprint density at radius 2 is 2.23 bits per heavy atom. The number of H-pyrrole nitrogens is 1. The molecule has 1 unspecified atom stereocenters. The second-order valence-corrected chi connectivity index (χ2v) is 10.2. The van der Waals surface area contributed by atoms with E-state index >= 15 is 0 Å². The summed E-state index contributed by atoms with van der Waals surface area (Å²) in [5, 5.41) is 21.9. The predicted octanol–water partition coefficient (Wildman–Crippen LogP) is 4.04. The molecular weight excluding hydrogens is 464 g/mol. The van der Waals surface area contributed by atoms with E-state index in [2.05, 4.69) is 25.5 Å². The number of likely N-dealkylation sites (N-methyl/N-ethyl adjacent to an activating group) is 1. The Hall–Kier alpha value is -3.24. The highest BCUT2D eigenvalue weighted by atomic mass is 32.1. The van der Waals surface area contributed by atoms with E-state index in [9.17, 15) is 9.90 Å². The largest absolute Gasteiger partial charge is 0.489 e. The van der Waals surface area contributed by atoms with Gasteiger partial charge in [-0.2, -0.15) is 5.10 Å². The van der Waals surface area contributed by atoms with Crippen LogP contribution in [0.1, 0.15) is 37.6 Å². The second kappa shape index (κ2) is 9.79. The van der Waals surface area contributed by atoms with E-state index in [1.165, 1.54) is 10.4 Å². The number of anilines is 2. The van der Waals surface area contributed by atoms with Crippen LogP contribution in [0.25, 0.3) is 21.1 Å². The highest BCUT2D eigenvalue weighted by molar-refractivity contribution is 7.19. The smallest absolute Gasteiger partial charge is 0.226 e. The molecule has 4 aromatic rings. The van der Waals surface area contributed by atoms with Crippen molar-refractivity contribution < 1.29 is 14.6 Å². The van der Waals surface area contributed by atoms with Crippen molar-refractivity contribution in [1.82, 2.24) is 25.1 Å². The molecule has 1 aromatic carbocycles. The molecule has 35 heavy (non-hydrogen) atoms. The third-order valence-electron chi connectivity index (χ3n) is 6.41. The van der Waals surface area contributed by atoms with Gasteiger partial charge in [-0.25, -0.2) is 9.97 Å². The molecule has 0 spiro atoms. The number of aliphatic hydroxyl groups excluding tert-OH is 1. The minimum atomic E-state index is -0.0685. The molecule has 3 N–H and O–H groups in total. The number of rotatable bonds is 8. The lowest BCUT2D eigenvalue weighted by atomic mass is 9.87. The van der Waals surface area contributed by atoms with Gasteiger partial charge in [-0.05, 0) is 51.7 Å². The van der Waals surface area contributed by atoms with Crippen LogP contribution in [0.15, 0.2) is 24.7 Å². The van der Waals surface area contributed by atoms with Gasteiger partial charge in [0.15, 0.2) is 0 Å².